The Hall–Kier alpha value is -1.33. The van der Waals surface area contributed by atoms with E-state index in [-0.39, 0.29) is 6.10 Å². The van der Waals surface area contributed by atoms with E-state index in [1.165, 1.54) is 0 Å². The number of aromatic nitrogens is 1. The maximum Gasteiger partial charge on any atom is 0.115 e. The van der Waals surface area contributed by atoms with Gasteiger partial charge in [0.15, 0.2) is 0 Å². The highest BCUT2D eigenvalue weighted by Gasteiger charge is 1.89. The quantitative estimate of drug-likeness (QED) is 0.582. The molecule has 2 nitrogen and oxygen atoms in total. The molecule has 0 N–H and O–H groups in total. The molecule has 0 saturated heterocycles. The fraction of sp³-hybridized carbons (Fsp3) is 0.300. The highest BCUT2D eigenvalue weighted by Crippen LogP contribution is 1.92. The molecule has 0 aliphatic rings. The van der Waals surface area contributed by atoms with E-state index in [0.717, 1.165) is 5.56 Å². The van der Waals surface area contributed by atoms with Crippen molar-refractivity contribution in [1.82, 2.24) is 4.98 Å². The molecule has 0 spiro atoms. The van der Waals surface area contributed by atoms with Gasteiger partial charge in [-0.3, -0.25) is 4.98 Å². The maximum atomic E-state index is 4.98. The fourth-order valence-corrected chi connectivity index (χ4v) is 0.681. The average Bonchev–Trinajstić information content (AvgIpc) is 2.16. The summed E-state index contributed by atoms with van der Waals surface area (Å²) in [6, 6.07) is 3.78. The first-order valence-corrected chi connectivity index (χ1v) is 3.77. The van der Waals surface area contributed by atoms with E-state index < -0.39 is 0 Å². The lowest BCUT2D eigenvalue weighted by molar-refractivity contribution is 0.163. The summed E-state index contributed by atoms with van der Waals surface area (Å²) in [6.07, 6.45) is 3.44. The van der Waals surface area contributed by atoms with Crippen LogP contribution in [0.2, 0.25) is 0 Å². The first kappa shape index (κ1) is 8.76. The third-order valence-electron chi connectivity index (χ3n) is 1.43. The Morgan fingerprint density at radius 1 is 1.58 bits per heavy atom. The zero-order valence-electron chi connectivity index (χ0n) is 7.24. The van der Waals surface area contributed by atoms with Crippen LogP contribution in [0.25, 0.3) is 0 Å². The molecule has 0 saturated carbocycles. The van der Waals surface area contributed by atoms with Gasteiger partial charge in [-0.15, -0.1) is 0 Å². The molecule has 0 aliphatic heterocycles. The van der Waals surface area contributed by atoms with Gasteiger partial charge in [-0.05, 0) is 19.1 Å². The molecule has 1 unspecified atom stereocenters. The molecule has 0 aliphatic carbocycles. The SMILES string of the molecule is COC(C)C#Cc1cccnc1. The summed E-state index contributed by atoms with van der Waals surface area (Å²) < 4.78 is 4.98. The van der Waals surface area contributed by atoms with E-state index in [9.17, 15) is 0 Å². The van der Waals surface area contributed by atoms with Crippen molar-refractivity contribution >= 4 is 0 Å². The molecule has 0 aromatic carbocycles. The van der Waals surface area contributed by atoms with Crippen LogP contribution < -0.4 is 0 Å². The van der Waals surface area contributed by atoms with Crippen molar-refractivity contribution in [3.8, 4) is 11.8 Å². The predicted molar refractivity (Wildman–Crippen MR) is 47.6 cm³/mol. The Morgan fingerprint density at radius 2 is 2.42 bits per heavy atom. The van der Waals surface area contributed by atoms with E-state index >= 15 is 0 Å². The summed E-state index contributed by atoms with van der Waals surface area (Å²) in [5.74, 6) is 5.89. The summed E-state index contributed by atoms with van der Waals surface area (Å²) in [6.45, 7) is 1.91. The highest BCUT2D eigenvalue weighted by molar-refractivity contribution is 5.31. The van der Waals surface area contributed by atoms with Crippen molar-refractivity contribution in [2.45, 2.75) is 13.0 Å². The molecule has 0 amide bonds. The highest BCUT2D eigenvalue weighted by atomic mass is 16.5. The molecule has 1 aromatic rings. The van der Waals surface area contributed by atoms with Crippen molar-refractivity contribution in [2.75, 3.05) is 7.11 Å². The first-order chi connectivity index (χ1) is 5.83. The van der Waals surface area contributed by atoms with E-state index in [1.54, 1.807) is 19.5 Å². The van der Waals surface area contributed by atoms with Crippen LogP contribution >= 0.6 is 0 Å². The van der Waals surface area contributed by atoms with Crippen LogP contribution in [-0.4, -0.2) is 18.2 Å². The lowest BCUT2D eigenvalue weighted by Gasteiger charge is -1.96. The van der Waals surface area contributed by atoms with Crippen LogP contribution in [0.4, 0.5) is 0 Å². The summed E-state index contributed by atoms with van der Waals surface area (Å²) in [7, 11) is 1.64. The second-order valence-electron chi connectivity index (χ2n) is 2.39. The van der Waals surface area contributed by atoms with Crippen molar-refractivity contribution in [3.63, 3.8) is 0 Å². The van der Waals surface area contributed by atoms with Crippen LogP contribution in [0.15, 0.2) is 24.5 Å². The van der Waals surface area contributed by atoms with Gasteiger partial charge in [-0.1, -0.05) is 11.8 Å². The number of rotatable bonds is 1. The van der Waals surface area contributed by atoms with Gasteiger partial charge in [0, 0.05) is 25.1 Å². The van der Waals surface area contributed by atoms with Gasteiger partial charge in [0.25, 0.3) is 0 Å². The van der Waals surface area contributed by atoms with E-state index in [2.05, 4.69) is 16.8 Å². The fourth-order valence-electron chi connectivity index (χ4n) is 0.681. The van der Waals surface area contributed by atoms with Crippen LogP contribution in [0.1, 0.15) is 12.5 Å². The summed E-state index contributed by atoms with van der Waals surface area (Å²) in [4.78, 5) is 3.95. The Bertz CT molecular complexity index is 284. The van der Waals surface area contributed by atoms with Gasteiger partial charge < -0.3 is 4.74 Å². The molecular formula is C10H11NO. The molecule has 0 bridgehead atoms. The van der Waals surface area contributed by atoms with Crippen molar-refractivity contribution in [1.29, 1.82) is 0 Å². The van der Waals surface area contributed by atoms with Gasteiger partial charge in [0.1, 0.15) is 6.10 Å². The molecule has 1 heterocycles. The summed E-state index contributed by atoms with van der Waals surface area (Å²) in [5.41, 5.74) is 0.918. The van der Waals surface area contributed by atoms with Gasteiger partial charge in [0.2, 0.25) is 0 Å². The Morgan fingerprint density at radius 3 is 3.00 bits per heavy atom. The molecule has 1 atom stereocenters. The number of hydrogen-bond donors (Lipinski definition) is 0. The molecule has 1 aromatic heterocycles. The normalized spacial score (nSPS) is 11.5. The number of hydrogen-bond acceptors (Lipinski definition) is 2. The maximum absolute atomic E-state index is 4.98. The number of ether oxygens (including phenoxy) is 1. The monoisotopic (exact) mass is 161 g/mol. The lowest BCUT2D eigenvalue weighted by Crippen LogP contribution is -1.99. The zero-order valence-corrected chi connectivity index (χ0v) is 7.24. The number of methoxy groups -OCH3 is 1. The number of pyridine rings is 1. The van der Waals surface area contributed by atoms with Gasteiger partial charge in [-0.2, -0.15) is 0 Å². The minimum atomic E-state index is -0.0230. The first-order valence-electron chi connectivity index (χ1n) is 3.77. The molecule has 1 rings (SSSR count). The van der Waals surface area contributed by atoms with E-state index in [1.807, 2.05) is 19.1 Å². The summed E-state index contributed by atoms with van der Waals surface area (Å²) in [5, 5.41) is 0. The Balaban J connectivity index is 2.67. The predicted octanol–water partition coefficient (Wildman–Crippen LogP) is 1.47. The van der Waals surface area contributed by atoms with Crippen LogP contribution in [0.3, 0.4) is 0 Å². The van der Waals surface area contributed by atoms with Crippen LogP contribution in [-0.2, 0) is 4.74 Å². The molecule has 2 heteroatoms. The second-order valence-corrected chi connectivity index (χ2v) is 2.39. The molecule has 0 radical (unpaired) electrons. The second kappa shape index (κ2) is 4.53. The Labute approximate surface area is 72.6 Å². The van der Waals surface area contributed by atoms with Crippen molar-refractivity contribution < 1.29 is 4.74 Å². The third kappa shape index (κ3) is 2.73. The molecule has 62 valence electrons. The van der Waals surface area contributed by atoms with Crippen molar-refractivity contribution in [2.24, 2.45) is 0 Å². The lowest BCUT2D eigenvalue weighted by atomic mass is 10.3. The standard InChI is InChI=1S/C10H11NO/c1-9(12-2)5-6-10-4-3-7-11-8-10/h3-4,7-9H,1-2H3. The summed E-state index contributed by atoms with van der Waals surface area (Å²) >= 11 is 0. The largest absolute Gasteiger partial charge is 0.369 e. The van der Waals surface area contributed by atoms with Gasteiger partial charge >= 0.3 is 0 Å². The topological polar surface area (TPSA) is 22.1 Å². The van der Waals surface area contributed by atoms with Gasteiger partial charge in [0.05, 0.1) is 0 Å². The van der Waals surface area contributed by atoms with Gasteiger partial charge in [-0.25, -0.2) is 0 Å². The third-order valence-corrected chi connectivity index (χ3v) is 1.43. The number of nitrogens with zero attached hydrogens (tertiary/aromatic N) is 1. The van der Waals surface area contributed by atoms with E-state index in [4.69, 9.17) is 4.74 Å². The Kier molecular flexibility index (Phi) is 3.31. The minimum Gasteiger partial charge on any atom is -0.369 e. The van der Waals surface area contributed by atoms with Crippen LogP contribution in [0.5, 0.6) is 0 Å². The average molecular weight is 161 g/mol. The van der Waals surface area contributed by atoms with E-state index in [0.29, 0.717) is 0 Å². The zero-order chi connectivity index (χ0) is 8.81. The molecule has 12 heavy (non-hydrogen) atoms. The smallest absolute Gasteiger partial charge is 0.115 e. The molecule has 0 fully saturated rings. The molecular weight excluding hydrogens is 150 g/mol. The van der Waals surface area contributed by atoms with Crippen molar-refractivity contribution in [3.05, 3.63) is 30.1 Å². The van der Waals surface area contributed by atoms with Crippen LogP contribution in [0, 0.1) is 11.8 Å². The minimum absolute atomic E-state index is 0.0230.